The van der Waals surface area contributed by atoms with Gasteiger partial charge in [0.25, 0.3) is 0 Å². The Hall–Kier alpha value is -2.09. The lowest BCUT2D eigenvalue weighted by Gasteiger charge is -2.28. The molecule has 8 heteroatoms. The number of nitrogens with zero attached hydrogens (tertiary/aromatic N) is 2. The maximum atomic E-state index is 12.8. The van der Waals surface area contributed by atoms with E-state index in [-0.39, 0.29) is 5.91 Å². The van der Waals surface area contributed by atoms with Crippen LogP contribution < -0.4 is 9.62 Å². The Labute approximate surface area is 190 Å². The number of amides is 1. The Balaban J connectivity index is 1.65. The van der Waals surface area contributed by atoms with E-state index in [0.29, 0.717) is 17.3 Å². The molecule has 1 fully saturated rings. The first kappa shape index (κ1) is 23.6. The molecule has 1 amide bonds. The Morgan fingerprint density at radius 1 is 1.10 bits per heavy atom. The molecule has 1 aliphatic heterocycles. The van der Waals surface area contributed by atoms with Crippen LogP contribution in [0.2, 0.25) is 5.02 Å². The summed E-state index contributed by atoms with van der Waals surface area (Å²) in [6.07, 6.45) is 4.89. The van der Waals surface area contributed by atoms with Gasteiger partial charge in [-0.3, -0.25) is 14.0 Å². The monoisotopic (exact) mass is 463 g/mol. The summed E-state index contributed by atoms with van der Waals surface area (Å²) in [7, 11) is -3.68. The molecule has 3 rings (SSSR count). The number of nitrogens with one attached hydrogen (secondary N) is 1. The molecule has 1 atom stereocenters. The molecule has 0 aromatic heterocycles. The van der Waals surface area contributed by atoms with E-state index in [2.05, 4.69) is 22.3 Å². The van der Waals surface area contributed by atoms with Gasteiger partial charge in [-0.05, 0) is 62.2 Å². The molecule has 0 aliphatic carbocycles. The van der Waals surface area contributed by atoms with Gasteiger partial charge >= 0.3 is 0 Å². The maximum absolute atomic E-state index is 12.8. The van der Waals surface area contributed by atoms with Crippen molar-refractivity contribution in [1.82, 2.24) is 10.2 Å². The van der Waals surface area contributed by atoms with Crippen molar-refractivity contribution in [3.63, 3.8) is 0 Å². The van der Waals surface area contributed by atoms with Gasteiger partial charge in [-0.1, -0.05) is 48.4 Å². The zero-order chi connectivity index (χ0) is 22.4. The van der Waals surface area contributed by atoms with E-state index < -0.39 is 16.1 Å². The molecule has 1 N–H and O–H groups in total. The third-order valence-corrected chi connectivity index (χ3v) is 6.94. The zero-order valence-corrected chi connectivity index (χ0v) is 19.6. The lowest BCUT2D eigenvalue weighted by atomic mass is 10.1. The quantitative estimate of drug-likeness (QED) is 0.646. The highest BCUT2D eigenvalue weighted by molar-refractivity contribution is 7.92. The van der Waals surface area contributed by atoms with Crippen LogP contribution in [0.1, 0.15) is 37.3 Å². The molecule has 0 spiro atoms. The SMILES string of the molecule is C[C@H](C(=O)NCc1cccc(CN2CCCCC2)c1)N(c1cccc(Cl)c1)S(C)(=O)=O. The highest BCUT2D eigenvalue weighted by Gasteiger charge is 2.29. The first-order valence-electron chi connectivity index (χ1n) is 10.6. The number of anilines is 1. The highest BCUT2D eigenvalue weighted by Crippen LogP contribution is 2.24. The van der Waals surface area contributed by atoms with Gasteiger partial charge in [0.2, 0.25) is 15.9 Å². The van der Waals surface area contributed by atoms with Crippen molar-refractivity contribution in [1.29, 1.82) is 0 Å². The van der Waals surface area contributed by atoms with Gasteiger partial charge in [0.15, 0.2) is 0 Å². The molecule has 2 aromatic rings. The number of benzene rings is 2. The fourth-order valence-electron chi connectivity index (χ4n) is 3.97. The van der Waals surface area contributed by atoms with E-state index in [0.717, 1.165) is 35.8 Å². The Bertz CT molecular complexity index is 1010. The minimum Gasteiger partial charge on any atom is -0.350 e. The summed E-state index contributed by atoms with van der Waals surface area (Å²) < 4.78 is 25.9. The van der Waals surface area contributed by atoms with E-state index in [1.807, 2.05) is 12.1 Å². The molecule has 1 saturated heterocycles. The fraction of sp³-hybridized carbons (Fsp3) is 0.435. The van der Waals surface area contributed by atoms with Crippen molar-refractivity contribution < 1.29 is 13.2 Å². The van der Waals surface area contributed by atoms with Crippen molar-refractivity contribution in [3.8, 4) is 0 Å². The molecule has 0 radical (unpaired) electrons. The number of halogens is 1. The van der Waals surface area contributed by atoms with E-state index in [1.54, 1.807) is 25.1 Å². The van der Waals surface area contributed by atoms with E-state index >= 15 is 0 Å². The molecule has 31 heavy (non-hydrogen) atoms. The maximum Gasteiger partial charge on any atom is 0.243 e. The van der Waals surface area contributed by atoms with Gasteiger partial charge in [-0.15, -0.1) is 0 Å². The van der Waals surface area contributed by atoms with Gasteiger partial charge in [0.1, 0.15) is 6.04 Å². The summed E-state index contributed by atoms with van der Waals surface area (Å²) >= 11 is 6.02. The number of carbonyl (C=O) groups is 1. The highest BCUT2D eigenvalue weighted by atomic mass is 35.5. The van der Waals surface area contributed by atoms with Crippen LogP contribution in [0.5, 0.6) is 0 Å². The normalized spacial score (nSPS) is 16.0. The zero-order valence-electron chi connectivity index (χ0n) is 18.1. The molecular weight excluding hydrogens is 434 g/mol. The van der Waals surface area contributed by atoms with Crippen LogP contribution in [0.15, 0.2) is 48.5 Å². The van der Waals surface area contributed by atoms with Crippen molar-refractivity contribution >= 4 is 33.2 Å². The van der Waals surface area contributed by atoms with Gasteiger partial charge in [-0.2, -0.15) is 0 Å². The minimum atomic E-state index is -3.68. The Kier molecular flexibility index (Phi) is 7.97. The van der Waals surface area contributed by atoms with Gasteiger partial charge in [-0.25, -0.2) is 8.42 Å². The number of likely N-dealkylation sites (tertiary alicyclic amines) is 1. The first-order chi connectivity index (χ1) is 14.7. The third kappa shape index (κ3) is 6.69. The number of hydrogen-bond donors (Lipinski definition) is 1. The van der Waals surface area contributed by atoms with Crippen molar-refractivity contribution in [2.45, 2.75) is 45.3 Å². The summed E-state index contributed by atoms with van der Waals surface area (Å²) in [5, 5.41) is 3.28. The summed E-state index contributed by atoms with van der Waals surface area (Å²) in [4.78, 5) is 15.3. The number of hydrogen-bond acceptors (Lipinski definition) is 4. The number of rotatable bonds is 8. The Morgan fingerprint density at radius 2 is 1.77 bits per heavy atom. The second-order valence-electron chi connectivity index (χ2n) is 8.09. The molecular formula is C23H30ClN3O3S. The van der Waals surface area contributed by atoms with Crippen LogP contribution in [-0.4, -0.2) is 44.6 Å². The van der Waals surface area contributed by atoms with Crippen LogP contribution in [0.25, 0.3) is 0 Å². The smallest absolute Gasteiger partial charge is 0.243 e. The van der Waals surface area contributed by atoms with Gasteiger partial charge in [0.05, 0.1) is 11.9 Å². The molecule has 168 valence electrons. The predicted molar refractivity (Wildman–Crippen MR) is 126 cm³/mol. The van der Waals surface area contributed by atoms with Crippen LogP contribution in [0.3, 0.4) is 0 Å². The first-order valence-corrected chi connectivity index (χ1v) is 12.8. The van der Waals surface area contributed by atoms with Crippen molar-refractivity contribution in [2.24, 2.45) is 0 Å². The van der Waals surface area contributed by atoms with E-state index in [9.17, 15) is 13.2 Å². The van der Waals surface area contributed by atoms with Crippen molar-refractivity contribution in [2.75, 3.05) is 23.7 Å². The average molecular weight is 464 g/mol. The second kappa shape index (κ2) is 10.5. The molecule has 1 aliphatic rings. The summed E-state index contributed by atoms with van der Waals surface area (Å²) in [5.74, 6) is -0.369. The fourth-order valence-corrected chi connectivity index (χ4v) is 5.32. The van der Waals surface area contributed by atoms with Crippen molar-refractivity contribution in [3.05, 3.63) is 64.7 Å². The van der Waals surface area contributed by atoms with E-state index in [4.69, 9.17) is 11.6 Å². The number of piperidine rings is 1. The second-order valence-corrected chi connectivity index (χ2v) is 10.4. The average Bonchev–Trinajstić information content (AvgIpc) is 2.72. The number of carbonyl (C=O) groups excluding carboxylic acids is 1. The molecule has 0 saturated carbocycles. The standard InChI is InChI=1S/C23H30ClN3O3S/c1-18(27(31(2,29)30)22-11-7-10-21(24)15-22)23(28)25-16-19-8-6-9-20(14-19)17-26-12-4-3-5-13-26/h6-11,14-15,18H,3-5,12-13,16-17H2,1-2H3,(H,25,28)/t18-/m1/s1. The van der Waals surface area contributed by atoms with Crippen LogP contribution in [0, 0.1) is 0 Å². The summed E-state index contributed by atoms with van der Waals surface area (Å²) in [6, 6.07) is 13.7. The molecule has 2 aromatic carbocycles. The minimum absolute atomic E-state index is 0.337. The third-order valence-electron chi connectivity index (χ3n) is 5.46. The molecule has 1 heterocycles. The van der Waals surface area contributed by atoms with Crippen LogP contribution in [-0.2, 0) is 27.9 Å². The molecule has 0 unspecified atom stereocenters. The molecule has 6 nitrogen and oxygen atoms in total. The largest absolute Gasteiger partial charge is 0.350 e. The molecule has 0 bridgehead atoms. The van der Waals surface area contributed by atoms with Crippen LogP contribution in [0.4, 0.5) is 5.69 Å². The summed E-state index contributed by atoms with van der Waals surface area (Å²) in [6.45, 7) is 5.08. The lowest BCUT2D eigenvalue weighted by molar-refractivity contribution is -0.122. The Morgan fingerprint density at radius 3 is 2.45 bits per heavy atom. The van der Waals surface area contributed by atoms with Gasteiger partial charge in [0, 0.05) is 18.1 Å². The summed E-state index contributed by atoms with van der Waals surface area (Å²) in [5.41, 5.74) is 2.57. The number of sulfonamides is 1. The predicted octanol–water partition coefficient (Wildman–Crippen LogP) is 3.80. The van der Waals surface area contributed by atoms with Gasteiger partial charge < -0.3 is 5.32 Å². The topological polar surface area (TPSA) is 69.7 Å². The van der Waals surface area contributed by atoms with E-state index in [1.165, 1.54) is 30.9 Å². The lowest BCUT2D eigenvalue weighted by Crippen LogP contribution is -2.47. The van der Waals surface area contributed by atoms with Crippen LogP contribution >= 0.6 is 11.6 Å².